The molecule has 120 valence electrons. The average molecular weight is 292 g/mol. The fraction of sp³-hybridized carbons (Fsp3) is 0.667. The number of nitrogens with two attached hydrogens (primary N) is 2. The Morgan fingerprint density at radius 3 is 2.10 bits per heavy atom. The van der Waals surface area contributed by atoms with Crippen LogP contribution in [0.3, 0.4) is 0 Å². The highest BCUT2D eigenvalue weighted by atomic mass is 16.5. The molecule has 1 aromatic rings. The van der Waals surface area contributed by atoms with Gasteiger partial charge in [0, 0.05) is 0 Å². The Kier molecular flexibility index (Phi) is 6.69. The van der Waals surface area contributed by atoms with E-state index in [9.17, 15) is 0 Å². The molecular formula is C18H32N2O. The quantitative estimate of drug-likeness (QED) is 0.810. The van der Waals surface area contributed by atoms with Crippen molar-refractivity contribution in [3.8, 4) is 5.75 Å². The largest absolute Gasteiger partial charge is 0.494 e. The Morgan fingerprint density at radius 1 is 1.05 bits per heavy atom. The molecule has 21 heavy (non-hydrogen) atoms. The maximum Gasteiger partial charge on any atom is 0.122 e. The predicted octanol–water partition coefficient (Wildman–Crippen LogP) is 3.28. The van der Waals surface area contributed by atoms with Crippen LogP contribution >= 0.6 is 0 Å². The first-order valence-corrected chi connectivity index (χ1v) is 8.02. The van der Waals surface area contributed by atoms with Gasteiger partial charge in [-0.1, -0.05) is 13.8 Å². The monoisotopic (exact) mass is 292 g/mol. The summed E-state index contributed by atoms with van der Waals surface area (Å²) in [4.78, 5) is 0. The van der Waals surface area contributed by atoms with Crippen LogP contribution in [0.5, 0.6) is 5.75 Å². The highest BCUT2D eigenvalue weighted by molar-refractivity contribution is 5.49. The molecule has 0 heterocycles. The standard InChI is InChI=1S/C18H32N2O/c1-7-21-17-8-11(2)18(15(6)13(17)4)14(5)12(3)16(9-19)10-20/h8,12,14,16H,7,9-10,19-20H2,1-6H3. The molecule has 0 fully saturated rings. The first kappa shape index (κ1) is 18.0. The maximum absolute atomic E-state index is 5.87. The van der Waals surface area contributed by atoms with Gasteiger partial charge in [-0.3, -0.25) is 0 Å². The highest BCUT2D eigenvalue weighted by Gasteiger charge is 2.25. The molecule has 0 saturated heterocycles. The summed E-state index contributed by atoms with van der Waals surface area (Å²) in [6, 6.07) is 2.17. The summed E-state index contributed by atoms with van der Waals surface area (Å²) >= 11 is 0. The molecule has 0 aromatic heterocycles. The second-order valence-corrected chi connectivity index (χ2v) is 6.17. The van der Waals surface area contributed by atoms with Crippen molar-refractivity contribution in [3.05, 3.63) is 28.3 Å². The normalized spacial score (nSPS) is 14.3. The Morgan fingerprint density at radius 2 is 1.62 bits per heavy atom. The summed E-state index contributed by atoms with van der Waals surface area (Å²) in [5.41, 5.74) is 17.0. The van der Waals surface area contributed by atoms with Crippen molar-refractivity contribution in [2.45, 2.75) is 47.5 Å². The second kappa shape index (κ2) is 7.81. The number of benzene rings is 1. The fourth-order valence-corrected chi connectivity index (χ4v) is 3.27. The lowest BCUT2D eigenvalue weighted by Crippen LogP contribution is -2.32. The molecule has 0 saturated carbocycles. The molecule has 2 atom stereocenters. The molecule has 1 rings (SSSR count). The van der Waals surface area contributed by atoms with Crippen LogP contribution in [0.1, 0.15) is 48.9 Å². The zero-order valence-electron chi connectivity index (χ0n) is 14.5. The van der Waals surface area contributed by atoms with E-state index in [1.165, 1.54) is 22.3 Å². The van der Waals surface area contributed by atoms with Crippen molar-refractivity contribution in [1.29, 1.82) is 0 Å². The van der Waals surface area contributed by atoms with E-state index in [-0.39, 0.29) is 0 Å². The number of aryl methyl sites for hydroxylation is 1. The maximum atomic E-state index is 5.87. The van der Waals surface area contributed by atoms with Crippen molar-refractivity contribution in [2.75, 3.05) is 19.7 Å². The van der Waals surface area contributed by atoms with Gasteiger partial charge in [0.25, 0.3) is 0 Å². The minimum atomic E-state index is 0.366. The van der Waals surface area contributed by atoms with Gasteiger partial charge >= 0.3 is 0 Å². The second-order valence-electron chi connectivity index (χ2n) is 6.17. The lowest BCUT2D eigenvalue weighted by atomic mass is 9.76. The topological polar surface area (TPSA) is 61.3 Å². The molecule has 0 amide bonds. The van der Waals surface area contributed by atoms with Crippen LogP contribution < -0.4 is 16.2 Å². The fourth-order valence-electron chi connectivity index (χ4n) is 3.27. The minimum absolute atomic E-state index is 0.366. The summed E-state index contributed by atoms with van der Waals surface area (Å²) in [5, 5.41) is 0. The molecule has 3 nitrogen and oxygen atoms in total. The van der Waals surface area contributed by atoms with E-state index < -0.39 is 0 Å². The summed E-state index contributed by atoms with van der Waals surface area (Å²) in [5.74, 6) is 2.28. The number of rotatable bonds is 7. The highest BCUT2D eigenvalue weighted by Crippen LogP contribution is 2.37. The van der Waals surface area contributed by atoms with Crippen LogP contribution in [0.25, 0.3) is 0 Å². The Bertz CT molecular complexity index is 467. The van der Waals surface area contributed by atoms with Gasteiger partial charge in [-0.05, 0) is 86.9 Å². The van der Waals surface area contributed by atoms with E-state index in [0.717, 1.165) is 5.75 Å². The van der Waals surface area contributed by atoms with Gasteiger partial charge in [0.15, 0.2) is 0 Å². The van der Waals surface area contributed by atoms with Gasteiger partial charge in [0.05, 0.1) is 6.61 Å². The van der Waals surface area contributed by atoms with Crippen molar-refractivity contribution in [1.82, 2.24) is 0 Å². The van der Waals surface area contributed by atoms with E-state index in [1.54, 1.807) is 0 Å². The molecule has 1 aromatic carbocycles. The summed E-state index contributed by atoms with van der Waals surface area (Å²) in [7, 11) is 0. The number of hydrogen-bond acceptors (Lipinski definition) is 3. The van der Waals surface area contributed by atoms with Crippen LogP contribution in [0.15, 0.2) is 6.07 Å². The van der Waals surface area contributed by atoms with Crippen LogP contribution in [0.2, 0.25) is 0 Å². The van der Waals surface area contributed by atoms with Crippen molar-refractivity contribution in [3.63, 3.8) is 0 Å². The lowest BCUT2D eigenvalue weighted by Gasteiger charge is -2.30. The van der Waals surface area contributed by atoms with E-state index in [2.05, 4.69) is 40.7 Å². The zero-order chi connectivity index (χ0) is 16.2. The zero-order valence-corrected chi connectivity index (χ0v) is 14.5. The van der Waals surface area contributed by atoms with Gasteiger partial charge in [0.2, 0.25) is 0 Å². The molecule has 0 aliphatic rings. The molecule has 2 unspecified atom stereocenters. The lowest BCUT2D eigenvalue weighted by molar-refractivity contribution is 0.324. The first-order valence-electron chi connectivity index (χ1n) is 8.02. The van der Waals surface area contributed by atoms with Gasteiger partial charge in [-0.15, -0.1) is 0 Å². The molecule has 4 N–H and O–H groups in total. The third-order valence-corrected chi connectivity index (χ3v) is 5.00. The minimum Gasteiger partial charge on any atom is -0.494 e. The van der Waals surface area contributed by atoms with E-state index in [1.807, 2.05) is 6.92 Å². The van der Waals surface area contributed by atoms with E-state index in [4.69, 9.17) is 16.2 Å². The van der Waals surface area contributed by atoms with E-state index in [0.29, 0.717) is 37.5 Å². The van der Waals surface area contributed by atoms with Gasteiger partial charge in [0.1, 0.15) is 5.75 Å². The first-order chi connectivity index (χ1) is 9.88. The molecule has 0 spiro atoms. The smallest absolute Gasteiger partial charge is 0.122 e. The molecular weight excluding hydrogens is 260 g/mol. The van der Waals surface area contributed by atoms with Crippen LogP contribution in [-0.4, -0.2) is 19.7 Å². The SMILES string of the molecule is CCOc1cc(C)c(C(C)C(C)C(CN)CN)c(C)c1C. The van der Waals surface area contributed by atoms with Crippen molar-refractivity contribution in [2.24, 2.45) is 23.3 Å². The summed E-state index contributed by atoms with van der Waals surface area (Å²) < 4.78 is 5.74. The molecule has 0 radical (unpaired) electrons. The van der Waals surface area contributed by atoms with Crippen LogP contribution in [-0.2, 0) is 0 Å². The Balaban J connectivity index is 3.21. The Hall–Kier alpha value is -1.06. The number of hydrogen-bond donors (Lipinski definition) is 2. The molecule has 0 aliphatic heterocycles. The molecule has 3 heteroatoms. The summed E-state index contributed by atoms with van der Waals surface area (Å²) in [6.45, 7) is 15.1. The third-order valence-electron chi connectivity index (χ3n) is 5.00. The summed E-state index contributed by atoms with van der Waals surface area (Å²) in [6.07, 6.45) is 0. The van der Waals surface area contributed by atoms with Crippen molar-refractivity contribution < 1.29 is 4.74 Å². The van der Waals surface area contributed by atoms with Gasteiger partial charge in [-0.25, -0.2) is 0 Å². The molecule has 0 bridgehead atoms. The molecule has 0 aliphatic carbocycles. The number of ether oxygens (including phenoxy) is 1. The van der Waals surface area contributed by atoms with Crippen LogP contribution in [0, 0.1) is 32.6 Å². The Labute approximate surface area is 130 Å². The third kappa shape index (κ3) is 3.78. The predicted molar refractivity (Wildman–Crippen MR) is 91.0 cm³/mol. The average Bonchev–Trinajstić information content (AvgIpc) is 2.45. The van der Waals surface area contributed by atoms with E-state index >= 15 is 0 Å². The van der Waals surface area contributed by atoms with Crippen LogP contribution in [0.4, 0.5) is 0 Å². The van der Waals surface area contributed by atoms with Gasteiger partial charge in [-0.2, -0.15) is 0 Å². The van der Waals surface area contributed by atoms with Gasteiger partial charge < -0.3 is 16.2 Å². The van der Waals surface area contributed by atoms with Crippen molar-refractivity contribution >= 4 is 0 Å².